The van der Waals surface area contributed by atoms with E-state index in [1.807, 2.05) is 38.2 Å². The molecule has 0 N–H and O–H groups in total. The molecule has 1 aromatic carbocycles. The molecule has 0 radical (unpaired) electrons. The van der Waals surface area contributed by atoms with Gasteiger partial charge in [-0.1, -0.05) is 12.1 Å². The van der Waals surface area contributed by atoms with E-state index in [0.29, 0.717) is 12.4 Å². The first-order valence-corrected chi connectivity index (χ1v) is 7.09. The van der Waals surface area contributed by atoms with Crippen molar-refractivity contribution in [1.82, 2.24) is 9.55 Å². The van der Waals surface area contributed by atoms with Gasteiger partial charge in [0.25, 0.3) is 0 Å². The minimum Gasteiger partial charge on any atom is -0.494 e. The number of aromatic nitrogens is 2. The number of imidazole rings is 1. The number of hydrogen-bond donors (Lipinski definition) is 0. The fourth-order valence-corrected chi connectivity index (χ4v) is 2.43. The van der Waals surface area contributed by atoms with Crippen molar-refractivity contribution in [3.8, 4) is 5.75 Å². The van der Waals surface area contributed by atoms with Crippen LogP contribution in [0.5, 0.6) is 5.75 Å². The molecule has 1 aliphatic heterocycles. The van der Waals surface area contributed by atoms with Gasteiger partial charge in [-0.2, -0.15) is 0 Å². The van der Waals surface area contributed by atoms with Crippen LogP contribution in [0.15, 0.2) is 41.9 Å². The molecule has 2 heterocycles. The SMILES string of the molecule is COc1c(N=Cn2ccnc2)cccc1[C@H]1COC(C)(C)O1. The van der Waals surface area contributed by atoms with Crippen LogP contribution in [0.2, 0.25) is 0 Å². The zero-order valence-corrected chi connectivity index (χ0v) is 12.9. The normalized spacial score (nSPS) is 20.6. The maximum absolute atomic E-state index is 5.91. The lowest BCUT2D eigenvalue weighted by molar-refractivity contribution is -0.139. The molecule has 6 nitrogen and oxygen atoms in total. The number of rotatable bonds is 4. The van der Waals surface area contributed by atoms with Crippen LogP contribution in [0, 0.1) is 0 Å². The van der Waals surface area contributed by atoms with Crippen molar-refractivity contribution in [3.05, 3.63) is 42.5 Å². The summed E-state index contributed by atoms with van der Waals surface area (Å²) in [5.41, 5.74) is 1.68. The molecule has 6 heteroatoms. The van der Waals surface area contributed by atoms with E-state index in [1.54, 1.807) is 30.5 Å². The quantitative estimate of drug-likeness (QED) is 0.643. The van der Waals surface area contributed by atoms with E-state index in [1.165, 1.54) is 0 Å². The monoisotopic (exact) mass is 301 g/mol. The van der Waals surface area contributed by atoms with Crippen LogP contribution >= 0.6 is 0 Å². The number of aliphatic imine (C=N–C) groups is 1. The largest absolute Gasteiger partial charge is 0.494 e. The summed E-state index contributed by atoms with van der Waals surface area (Å²) in [5, 5.41) is 0. The zero-order chi connectivity index (χ0) is 15.6. The van der Waals surface area contributed by atoms with Gasteiger partial charge in [-0.15, -0.1) is 0 Å². The molecule has 1 aromatic heterocycles. The van der Waals surface area contributed by atoms with Crippen molar-refractivity contribution in [2.75, 3.05) is 13.7 Å². The van der Waals surface area contributed by atoms with Crippen molar-refractivity contribution in [2.45, 2.75) is 25.7 Å². The summed E-state index contributed by atoms with van der Waals surface area (Å²) in [6.45, 7) is 4.30. The van der Waals surface area contributed by atoms with Crippen LogP contribution in [0.25, 0.3) is 0 Å². The van der Waals surface area contributed by atoms with E-state index in [-0.39, 0.29) is 6.10 Å². The molecule has 116 valence electrons. The Morgan fingerprint density at radius 2 is 2.32 bits per heavy atom. The average molecular weight is 301 g/mol. The number of methoxy groups -OCH3 is 1. The lowest BCUT2D eigenvalue weighted by Crippen LogP contribution is -2.19. The van der Waals surface area contributed by atoms with Crippen LogP contribution in [0.4, 0.5) is 5.69 Å². The lowest BCUT2D eigenvalue weighted by Gasteiger charge is -2.19. The van der Waals surface area contributed by atoms with Crippen LogP contribution in [-0.4, -0.2) is 35.4 Å². The summed E-state index contributed by atoms with van der Waals surface area (Å²) in [6, 6.07) is 5.81. The maximum atomic E-state index is 5.91. The molecule has 0 spiro atoms. The van der Waals surface area contributed by atoms with E-state index in [4.69, 9.17) is 14.2 Å². The summed E-state index contributed by atoms with van der Waals surface area (Å²) in [5.74, 6) is 0.122. The highest BCUT2D eigenvalue weighted by molar-refractivity contribution is 5.68. The Kier molecular flexibility index (Phi) is 3.96. The Balaban J connectivity index is 1.90. The maximum Gasteiger partial charge on any atom is 0.163 e. The van der Waals surface area contributed by atoms with Crippen molar-refractivity contribution in [3.63, 3.8) is 0 Å². The van der Waals surface area contributed by atoms with Gasteiger partial charge in [0.15, 0.2) is 5.79 Å². The van der Waals surface area contributed by atoms with Crippen molar-refractivity contribution < 1.29 is 14.2 Å². The second-order valence-electron chi connectivity index (χ2n) is 5.47. The molecule has 1 aliphatic rings. The van der Waals surface area contributed by atoms with E-state index in [0.717, 1.165) is 11.3 Å². The number of ether oxygens (including phenoxy) is 3. The number of hydrogen-bond acceptors (Lipinski definition) is 5. The van der Waals surface area contributed by atoms with Crippen LogP contribution in [0.3, 0.4) is 0 Å². The Hall–Kier alpha value is -2.18. The lowest BCUT2D eigenvalue weighted by atomic mass is 10.1. The van der Waals surface area contributed by atoms with Crippen LogP contribution in [0.1, 0.15) is 25.5 Å². The number of benzene rings is 1. The van der Waals surface area contributed by atoms with E-state index in [2.05, 4.69) is 9.98 Å². The fourth-order valence-electron chi connectivity index (χ4n) is 2.43. The fraction of sp³-hybridized carbons (Fsp3) is 0.375. The van der Waals surface area contributed by atoms with Gasteiger partial charge in [0.05, 0.1) is 20.0 Å². The first kappa shape index (κ1) is 14.7. The minimum absolute atomic E-state index is 0.159. The summed E-state index contributed by atoms with van der Waals surface area (Å²) >= 11 is 0. The third-order valence-corrected chi connectivity index (χ3v) is 3.44. The molecule has 1 saturated heterocycles. The third kappa shape index (κ3) is 3.03. The Bertz CT molecular complexity index is 665. The summed E-state index contributed by atoms with van der Waals surface area (Å²) in [6.07, 6.45) is 6.72. The highest BCUT2D eigenvalue weighted by atomic mass is 16.7. The average Bonchev–Trinajstić information content (AvgIpc) is 3.13. The van der Waals surface area contributed by atoms with Crippen LogP contribution < -0.4 is 4.74 Å². The zero-order valence-electron chi connectivity index (χ0n) is 12.9. The molecule has 22 heavy (non-hydrogen) atoms. The number of para-hydroxylation sites is 1. The summed E-state index contributed by atoms with van der Waals surface area (Å²) in [7, 11) is 1.63. The van der Waals surface area contributed by atoms with E-state index >= 15 is 0 Å². The second kappa shape index (κ2) is 5.90. The van der Waals surface area contributed by atoms with Crippen molar-refractivity contribution >= 4 is 12.0 Å². The molecule has 0 bridgehead atoms. The smallest absolute Gasteiger partial charge is 0.163 e. The highest BCUT2D eigenvalue weighted by Gasteiger charge is 2.35. The number of nitrogens with zero attached hydrogens (tertiary/aromatic N) is 3. The standard InChI is InChI=1S/C16H19N3O3/c1-16(2)21-9-14(22-16)12-5-4-6-13(15(12)20-3)18-11-19-8-7-17-10-19/h4-8,10-11,14H,9H2,1-3H3/t14-/m1/s1. The van der Waals surface area contributed by atoms with E-state index < -0.39 is 5.79 Å². The molecule has 0 saturated carbocycles. The first-order chi connectivity index (χ1) is 10.6. The molecule has 0 amide bonds. The molecule has 1 fully saturated rings. The summed E-state index contributed by atoms with van der Waals surface area (Å²) in [4.78, 5) is 8.44. The van der Waals surface area contributed by atoms with E-state index in [9.17, 15) is 0 Å². The van der Waals surface area contributed by atoms with Gasteiger partial charge in [0.1, 0.15) is 23.9 Å². The second-order valence-corrected chi connectivity index (χ2v) is 5.47. The Morgan fingerprint density at radius 3 is 2.95 bits per heavy atom. The highest BCUT2D eigenvalue weighted by Crippen LogP contribution is 2.41. The Morgan fingerprint density at radius 1 is 1.45 bits per heavy atom. The molecule has 0 aliphatic carbocycles. The van der Waals surface area contributed by atoms with Gasteiger partial charge in [-0.3, -0.25) is 4.57 Å². The first-order valence-electron chi connectivity index (χ1n) is 7.09. The molecule has 3 rings (SSSR count). The predicted octanol–water partition coefficient (Wildman–Crippen LogP) is 2.92. The molecular formula is C16H19N3O3. The third-order valence-electron chi connectivity index (χ3n) is 3.44. The Labute approximate surface area is 129 Å². The summed E-state index contributed by atoms with van der Waals surface area (Å²) < 4.78 is 18.9. The van der Waals surface area contributed by atoms with Gasteiger partial charge in [-0.25, -0.2) is 9.98 Å². The van der Waals surface area contributed by atoms with Crippen molar-refractivity contribution in [2.24, 2.45) is 4.99 Å². The topological polar surface area (TPSA) is 57.9 Å². The van der Waals surface area contributed by atoms with Gasteiger partial charge in [0.2, 0.25) is 0 Å². The van der Waals surface area contributed by atoms with Gasteiger partial charge in [-0.05, 0) is 19.9 Å². The van der Waals surface area contributed by atoms with Crippen molar-refractivity contribution in [1.29, 1.82) is 0 Å². The van der Waals surface area contributed by atoms with Gasteiger partial charge < -0.3 is 14.2 Å². The molecule has 0 unspecified atom stereocenters. The van der Waals surface area contributed by atoms with Gasteiger partial charge >= 0.3 is 0 Å². The minimum atomic E-state index is -0.578. The van der Waals surface area contributed by atoms with Gasteiger partial charge in [0, 0.05) is 18.0 Å². The molecule has 1 atom stereocenters. The predicted molar refractivity (Wildman–Crippen MR) is 82.6 cm³/mol. The molecule has 2 aromatic rings. The van der Waals surface area contributed by atoms with Crippen LogP contribution in [-0.2, 0) is 9.47 Å². The molecular weight excluding hydrogens is 282 g/mol.